The summed E-state index contributed by atoms with van der Waals surface area (Å²) in [6.45, 7) is 0.324. The average Bonchev–Trinajstić information content (AvgIpc) is 2.28. The second-order valence-electron chi connectivity index (χ2n) is 3.29. The SMILES string of the molecule is NCc1cc(N)nc(-c2ccccc2Cl)n1. The number of nitrogens with two attached hydrogens (primary N) is 2. The largest absolute Gasteiger partial charge is 0.384 e. The monoisotopic (exact) mass is 234 g/mol. The molecule has 0 spiro atoms. The molecule has 2 rings (SSSR count). The van der Waals surface area contributed by atoms with Gasteiger partial charge in [-0.25, -0.2) is 9.97 Å². The average molecular weight is 235 g/mol. The van der Waals surface area contributed by atoms with Crippen molar-refractivity contribution in [3.63, 3.8) is 0 Å². The zero-order valence-corrected chi connectivity index (χ0v) is 9.28. The number of hydrogen-bond acceptors (Lipinski definition) is 4. The Balaban J connectivity index is 2.56. The molecule has 1 aromatic carbocycles. The van der Waals surface area contributed by atoms with Gasteiger partial charge in [-0.2, -0.15) is 0 Å². The Kier molecular flexibility index (Phi) is 3.03. The Labute approximate surface area is 98.3 Å². The first-order chi connectivity index (χ1) is 7.70. The molecule has 0 amide bonds. The number of hydrogen-bond donors (Lipinski definition) is 2. The van der Waals surface area contributed by atoms with E-state index in [1.165, 1.54) is 0 Å². The van der Waals surface area contributed by atoms with Crippen LogP contribution >= 0.6 is 11.6 Å². The van der Waals surface area contributed by atoms with Gasteiger partial charge in [0, 0.05) is 18.2 Å². The van der Waals surface area contributed by atoms with E-state index in [0.717, 1.165) is 5.56 Å². The van der Waals surface area contributed by atoms with E-state index in [0.29, 0.717) is 28.9 Å². The van der Waals surface area contributed by atoms with Gasteiger partial charge in [0.25, 0.3) is 0 Å². The lowest BCUT2D eigenvalue weighted by atomic mass is 10.2. The van der Waals surface area contributed by atoms with E-state index in [2.05, 4.69) is 9.97 Å². The van der Waals surface area contributed by atoms with Crippen LogP contribution in [-0.4, -0.2) is 9.97 Å². The topological polar surface area (TPSA) is 77.8 Å². The van der Waals surface area contributed by atoms with Crippen LogP contribution in [0.15, 0.2) is 30.3 Å². The van der Waals surface area contributed by atoms with E-state index >= 15 is 0 Å². The highest BCUT2D eigenvalue weighted by molar-refractivity contribution is 6.33. The van der Waals surface area contributed by atoms with Gasteiger partial charge >= 0.3 is 0 Å². The molecule has 0 fully saturated rings. The van der Waals surface area contributed by atoms with Gasteiger partial charge < -0.3 is 11.5 Å². The summed E-state index contributed by atoms with van der Waals surface area (Å²) in [6, 6.07) is 9.00. The molecule has 4 N–H and O–H groups in total. The van der Waals surface area contributed by atoms with Crippen LogP contribution in [-0.2, 0) is 6.54 Å². The molecule has 1 heterocycles. The molecule has 0 unspecified atom stereocenters. The lowest BCUT2D eigenvalue weighted by molar-refractivity contribution is 0.973. The first kappa shape index (κ1) is 10.9. The maximum absolute atomic E-state index is 6.05. The maximum atomic E-state index is 6.05. The molecule has 2 aromatic rings. The molecule has 5 heteroatoms. The lowest BCUT2D eigenvalue weighted by Gasteiger charge is -2.05. The van der Waals surface area contributed by atoms with E-state index in [1.807, 2.05) is 18.2 Å². The summed E-state index contributed by atoms with van der Waals surface area (Å²) < 4.78 is 0. The summed E-state index contributed by atoms with van der Waals surface area (Å²) in [5, 5.41) is 0.594. The molecule has 0 bridgehead atoms. The highest BCUT2D eigenvalue weighted by atomic mass is 35.5. The Bertz CT molecular complexity index is 513. The number of anilines is 1. The van der Waals surface area contributed by atoms with Crippen LogP contribution < -0.4 is 11.5 Å². The molecule has 16 heavy (non-hydrogen) atoms. The summed E-state index contributed by atoms with van der Waals surface area (Å²) in [7, 11) is 0. The van der Waals surface area contributed by atoms with E-state index in [-0.39, 0.29) is 0 Å². The molecule has 0 aliphatic carbocycles. The summed E-state index contributed by atoms with van der Waals surface area (Å²) in [4.78, 5) is 8.42. The Morgan fingerprint density at radius 3 is 2.62 bits per heavy atom. The fourth-order valence-electron chi connectivity index (χ4n) is 1.39. The smallest absolute Gasteiger partial charge is 0.163 e. The second kappa shape index (κ2) is 4.47. The molecule has 0 saturated carbocycles. The van der Waals surface area contributed by atoms with Crippen molar-refractivity contribution in [1.82, 2.24) is 9.97 Å². The third kappa shape index (κ3) is 2.13. The van der Waals surface area contributed by atoms with Gasteiger partial charge in [0.1, 0.15) is 5.82 Å². The van der Waals surface area contributed by atoms with Gasteiger partial charge in [-0.1, -0.05) is 23.7 Å². The zero-order valence-electron chi connectivity index (χ0n) is 8.52. The second-order valence-corrected chi connectivity index (χ2v) is 3.70. The zero-order chi connectivity index (χ0) is 11.5. The Morgan fingerprint density at radius 1 is 1.19 bits per heavy atom. The van der Waals surface area contributed by atoms with Crippen LogP contribution in [0.1, 0.15) is 5.69 Å². The van der Waals surface area contributed by atoms with Crippen molar-refractivity contribution < 1.29 is 0 Å². The van der Waals surface area contributed by atoms with Gasteiger partial charge in [-0.15, -0.1) is 0 Å². The van der Waals surface area contributed by atoms with Crippen LogP contribution in [0.3, 0.4) is 0 Å². The Morgan fingerprint density at radius 2 is 1.94 bits per heavy atom. The maximum Gasteiger partial charge on any atom is 0.163 e. The van der Waals surface area contributed by atoms with E-state index in [4.69, 9.17) is 23.1 Å². The summed E-state index contributed by atoms with van der Waals surface area (Å²) in [6.07, 6.45) is 0. The van der Waals surface area contributed by atoms with Crippen molar-refractivity contribution in [1.29, 1.82) is 0 Å². The predicted molar refractivity (Wildman–Crippen MR) is 64.8 cm³/mol. The van der Waals surface area contributed by atoms with Crippen molar-refractivity contribution in [3.8, 4) is 11.4 Å². The van der Waals surface area contributed by atoms with Gasteiger partial charge in [0.05, 0.1) is 10.7 Å². The van der Waals surface area contributed by atoms with E-state index in [9.17, 15) is 0 Å². The normalized spacial score (nSPS) is 10.4. The minimum atomic E-state index is 0.324. The molecule has 82 valence electrons. The van der Waals surface area contributed by atoms with Crippen molar-refractivity contribution in [2.45, 2.75) is 6.54 Å². The first-order valence-electron chi connectivity index (χ1n) is 4.79. The highest BCUT2D eigenvalue weighted by Gasteiger charge is 2.07. The molecule has 4 nitrogen and oxygen atoms in total. The molecule has 0 aliphatic heterocycles. The van der Waals surface area contributed by atoms with E-state index in [1.54, 1.807) is 12.1 Å². The number of rotatable bonds is 2. The van der Waals surface area contributed by atoms with Crippen LogP contribution in [0.25, 0.3) is 11.4 Å². The van der Waals surface area contributed by atoms with Crippen LogP contribution in [0.5, 0.6) is 0 Å². The quantitative estimate of drug-likeness (QED) is 0.831. The van der Waals surface area contributed by atoms with Gasteiger partial charge in [-0.05, 0) is 12.1 Å². The van der Waals surface area contributed by atoms with Crippen LogP contribution in [0.4, 0.5) is 5.82 Å². The summed E-state index contributed by atoms with van der Waals surface area (Å²) in [5.74, 6) is 0.899. The third-order valence-electron chi connectivity index (χ3n) is 2.12. The summed E-state index contributed by atoms with van der Waals surface area (Å²) in [5.41, 5.74) is 12.6. The van der Waals surface area contributed by atoms with Crippen LogP contribution in [0.2, 0.25) is 5.02 Å². The van der Waals surface area contributed by atoms with Gasteiger partial charge in [-0.3, -0.25) is 0 Å². The number of nitrogens with zero attached hydrogens (tertiary/aromatic N) is 2. The molecule has 0 aliphatic rings. The molecular formula is C11H11ClN4. The fraction of sp³-hybridized carbons (Fsp3) is 0.0909. The fourth-order valence-corrected chi connectivity index (χ4v) is 1.61. The van der Waals surface area contributed by atoms with Gasteiger partial charge in [0.15, 0.2) is 5.82 Å². The van der Waals surface area contributed by atoms with E-state index < -0.39 is 0 Å². The van der Waals surface area contributed by atoms with Crippen LogP contribution in [0, 0.1) is 0 Å². The van der Waals surface area contributed by atoms with Crippen molar-refractivity contribution in [3.05, 3.63) is 41.0 Å². The van der Waals surface area contributed by atoms with Crippen molar-refractivity contribution in [2.75, 3.05) is 5.73 Å². The number of benzene rings is 1. The molecule has 0 atom stereocenters. The minimum absolute atomic E-state index is 0.324. The van der Waals surface area contributed by atoms with Crippen molar-refractivity contribution in [2.24, 2.45) is 5.73 Å². The molecule has 0 radical (unpaired) electrons. The lowest BCUT2D eigenvalue weighted by Crippen LogP contribution is -2.04. The number of nitrogen functional groups attached to an aromatic ring is 1. The minimum Gasteiger partial charge on any atom is -0.384 e. The van der Waals surface area contributed by atoms with Gasteiger partial charge in [0.2, 0.25) is 0 Å². The Hall–Kier alpha value is -1.65. The summed E-state index contributed by atoms with van der Waals surface area (Å²) >= 11 is 6.05. The predicted octanol–water partition coefficient (Wildman–Crippen LogP) is 1.84. The molecular weight excluding hydrogens is 224 g/mol. The standard InChI is InChI=1S/C11H11ClN4/c12-9-4-2-1-3-8(9)11-15-7(6-13)5-10(14)16-11/h1-5H,6,13H2,(H2,14,15,16). The van der Waals surface area contributed by atoms with Crippen molar-refractivity contribution >= 4 is 17.4 Å². The first-order valence-corrected chi connectivity index (χ1v) is 5.17. The number of halogens is 1. The number of aromatic nitrogens is 2. The third-order valence-corrected chi connectivity index (χ3v) is 2.45. The molecule has 0 saturated heterocycles. The highest BCUT2D eigenvalue weighted by Crippen LogP contribution is 2.25. The molecule has 1 aromatic heterocycles.